The van der Waals surface area contributed by atoms with Gasteiger partial charge in [0.25, 0.3) is 11.6 Å². The molecule has 0 unspecified atom stereocenters. The molecule has 0 atom stereocenters. The summed E-state index contributed by atoms with van der Waals surface area (Å²) < 4.78 is 1.28. The molecule has 1 aromatic heterocycles. The number of carbonyl (C=O) groups excluding carboxylic acids is 1. The van der Waals surface area contributed by atoms with Gasteiger partial charge in [-0.1, -0.05) is 17.7 Å². The summed E-state index contributed by atoms with van der Waals surface area (Å²) in [5.41, 5.74) is -0.546. The summed E-state index contributed by atoms with van der Waals surface area (Å²) in [6, 6.07) is 5.79. The Balaban J connectivity index is 2.45. The normalized spacial score (nSPS) is 9.95. The second-order valence-corrected chi connectivity index (χ2v) is 4.39. The summed E-state index contributed by atoms with van der Waals surface area (Å²) in [5.74, 6) is -0.649. The van der Waals surface area contributed by atoms with Crippen molar-refractivity contribution in [1.82, 2.24) is 9.78 Å². The number of rotatable bonds is 3. The lowest BCUT2D eigenvalue weighted by Gasteiger charge is -2.07. The Morgan fingerprint density at radius 1 is 1.57 bits per heavy atom. The summed E-state index contributed by atoms with van der Waals surface area (Å²) in [4.78, 5) is 22.5. The van der Waals surface area contributed by atoms with E-state index in [2.05, 4.69) is 10.4 Å². The summed E-state index contributed by atoms with van der Waals surface area (Å²) in [5, 5.41) is 26.1. The molecule has 1 amide bonds. The van der Waals surface area contributed by atoms with Crippen molar-refractivity contribution in [3.63, 3.8) is 0 Å². The van der Waals surface area contributed by atoms with E-state index in [0.717, 1.165) is 0 Å². The van der Waals surface area contributed by atoms with E-state index in [-0.39, 0.29) is 22.0 Å². The van der Waals surface area contributed by atoms with Gasteiger partial charge in [-0.25, -0.2) is 0 Å². The van der Waals surface area contributed by atoms with Crippen LogP contribution >= 0.6 is 11.6 Å². The monoisotopic (exact) mass is 305 g/mol. The SMILES string of the molecule is Cn1ncc(C#N)c1NC(=O)c1c(Cl)cccc1[N+](=O)[O-]. The molecule has 2 aromatic rings. The first-order valence-corrected chi connectivity index (χ1v) is 6.00. The van der Waals surface area contributed by atoms with Crippen LogP contribution in [0.25, 0.3) is 0 Å². The van der Waals surface area contributed by atoms with Crippen LogP contribution in [-0.4, -0.2) is 20.6 Å². The third-order valence-corrected chi connectivity index (χ3v) is 3.02. The van der Waals surface area contributed by atoms with Crippen molar-refractivity contribution in [3.05, 3.63) is 50.7 Å². The minimum atomic E-state index is -0.785. The average Bonchev–Trinajstić information content (AvgIpc) is 2.79. The summed E-state index contributed by atoms with van der Waals surface area (Å²) in [6.45, 7) is 0. The topological polar surface area (TPSA) is 114 Å². The number of nitriles is 1. The number of hydrogen-bond donors (Lipinski definition) is 1. The zero-order valence-corrected chi connectivity index (χ0v) is 11.5. The number of carbonyl (C=O) groups is 1. The molecule has 21 heavy (non-hydrogen) atoms. The van der Waals surface area contributed by atoms with Crippen molar-refractivity contribution in [2.45, 2.75) is 0 Å². The van der Waals surface area contributed by atoms with Gasteiger partial charge < -0.3 is 5.32 Å². The fraction of sp³-hybridized carbons (Fsp3) is 0.0833. The first-order valence-electron chi connectivity index (χ1n) is 5.62. The van der Waals surface area contributed by atoms with Crippen LogP contribution in [0.5, 0.6) is 0 Å². The fourth-order valence-electron chi connectivity index (χ4n) is 1.73. The number of aryl methyl sites for hydroxylation is 1. The molecule has 0 aliphatic rings. The number of anilines is 1. The van der Waals surface area contributed by atoms with E-state index >= 15 is 0 Å². The largest absolute Gasteiger partial charge is 0.305 e. The molecular weight excluding hydrogens is 298 g/mol. The maximum atomic E-state index is 12.2. The Hall–Kier alpha value is -2.92. The number of benzene rings is 1. The van der Waals surface area contributed by atoms with E-state index in [0.29, 0.717) is 0 Å². The van der Waals surface area contributed by atoms with Crippen molar-refractivity contribution in [2.75, 3.05) is 5.32 Å². The van der Waals surface area contributed by atoms with Gasteiger partial charge in [0.2, 0.25) is 0 Å². The van der Waals surface area contributed by atoms with Gasteiger partial charge in [0.05, 0.1) is 16.1 Å². The number of nitro groups is 1. The van der Waals surface area contributed by atoms with E-state index in [1.54, 1.807) is 0 Å². The van der Waals surface area contributed by atoms with E-state index < -0.39 is 16.5 Å². The maximum Gasteiger partial charge on any atom is 0.283 e. The minimum Gasteiger partial charge on any atom is -0.305 e. The number of nitrogens with zero attached hydrogens (tertiary/aromatic N) is 4. The van der Waals surface area contributed by atoms with E-state index in [1.807, 2.05) is 6.07 Å². The Morgan fingerprint density at radius 3 is 2.90 bits per heavy atom. The second kappa shape index (κ2) is 5.60. The van der Waals surface area contributed by atoms with Crippen LogP contribution in [0, 0.1) is 21.4 Å². The van der Waals surface area contributed by atoms with Crippen LogP contribution in [0.1, 0.15) is 15.9 Å². The third kappa shape index (κ3) is 2.68. The van der Waals surface area contributed by atoms with Crippen LogP contribution in [0.3, 0.4) is 0 Å². The van der Waals surface area contributed by atoms with Crippen LogP contribution in [0.2, 0.25) is 5.02 Å². The van der Waals surface area contributed by atoms with E-state index in [1.165, 1.54) is 36.1 Å². The van der Waals surface area contributed by atoms with Crippen molar-refractivity contribution in [2.24, 2.45) is 7.05 Å². The highest BCUT2D eigenvalue weighted by molar-refractivity contribution is 6.35. The number of halogens is 1. The highest BCUT2D eigenvalue weighted by Gasteiger charge is 2.24. The zero-order valence-electron chi connectivity index (χ0n) is 10.7. The minimum absolute atomic E-state index is 0.0534. The van der Waals surface area contributed by atoms with Crippen molar-refractivity contribution in [3.8, 4) is 6.07 Å². The molecule has 0 spiro atoms. The molecule has 0 aliphatic carbocycles. The number of nitrogens with one attached hydrogen (secondary N) is 1. The van der Waals surface area contributed by atoms with Gasteiger partial charge in [-0.05, 0) is 6.07 Å². The van der Waals surface area contributed by atoms with Gasteiger partial charge in [0.15, 0.2) is 0 Å². The smallest absolute Gasteiger partial charge is 0.283 e. The first-order chi connectivity index (χ1) is 9.95. The molecule has 1 aromatic carbocycles. The standard InChI is InChI=1S/C12H8ClN5O3/c1-17-11(7(5-14)6-15-17)16-12(19)10-8(13)3-2-4-9(10)18(20)21/h2-4,6H,1H3,(H,16,19). The Kier molecular flexibility index (Phi) is 3.86. The summed E-state index contributed by atoms with van der Waals surface area (Å²) >= 11 is 5.87. The van der Waals surface area contributed by atoms with E-state index in [9.17, 15) is 14.9 Å². The molecule has 0 radical (unpaired) electrons. The molecule has 2 rings (SSSR count). The van der Waals surface area contributed by atoms with Crippen LogP contribution in [0.15, 0.2) is 24.4 Å². The molecule has 0 bridgehead atoms. The molecule has 9 heteroatoms. The van der Waals surface area contributed by atoms with Gasteiger partial charge in [0, 0.05) is 13.1 Å². The second-order valence-electron chi connectivity index (χ2n) is 3.99. The fourth-order valence-corrected chi connectivity index (χ4v) is 1.98. The van der Waals surface area contributed by atoms with Crippen molar-refractivity contribution < 1.29 is 9.72 Å². The average molecular weight is 306 g/mol. The molecule has 0 aliphatic heterocycles. The van der Waals surface area contributed by atoms with E-state index in [4.69, 9.17) is 16.9 Å². The molecule has 1 N–H and O–H groups in total. The van der Waals surface area contributed by atoms with Gasteiger partial charge in [-0.2, -0.15) is 10.4 Å². The van der Waals surface area contributed by atoms with Gasteiger partial charge >= 0.3 is 0 Å². The molecule has 0 saturated heterocycles. The third-order valence-electron chi connectivity index (χ3n) is 2.71. The van der Waals surface area contributed by atoms with Gasteiger partial charge in [-0.15, -0.1) is 0 Å². The molecule has 0 fully saturated rings. The predicted molar refractivity (Wildman–Crippen MR) is 74.0 cm³/mol. The van der Waals surface area contributed by atoms with Crippen LogP contribution in [-0.2, 0) is 7.05 Å². The lowest BCUT2D eigenvalue weighted by atomic mass is 10.1. The lowest BCUT2D eigenvalue weighted by molar-refractivity contribution is -0.385. The van der Waals surface area contributed by atoms with Crippen LogP contribution in [0.4, 0.5) is 11.5 Å². The molecule has 106 valence electrons. The Bertz CT molecular complexity index is 778. The van der Waals surface area contributed by atoms with Gasteiger partial charge in [0.1, 0.15) is 23.0 Å². The van der Waals surface area contributed by atoms with Crippen LogP contribution < -0.4 is 5.32 Å². The summed E-state index contributed by atoms with van der Waals surface area (Å²) in [6.07, 6.45) is 1.27. The summed E-state index contributed by atoms with van der Waals surface area (Å²) in [7, 11) is 1.53. The predicted octanol–water partition coefficient (Wildman–Crippen LogP) is 2.11. The van der Waals surface area contributed by atoms with Crippen molar-refractivity contribution >= 4 is 29.0 Å². The maximum absolute atomic E-state index is 12.2. The molecule has 0 saturated carbocycles. The number of amides is 1. The molecular formula is C12H8ClN5O3. The van der Waals surface area contributed by atoms with Gasteiger partial charge in [-0.3, -0.25) is 19.6 Å². The molecule has 1 heterocycles. The number of hydrogen-bond acceptors (Lipinski definition) is 5. The zero-order chi connectivity index (χ0) is 15.6. The quantitative estimate of drug-likeness (QED) is 0.689. The first kappa shape index (κ1) is 14.5. The Morgan fingerprint density at radius 2 is 2.29 bits per heavy atom. The highest BCUT2D eigenvalue weighted by Crippen LogP contribution is 2.27. The number of nitro benzene ring substituents is 1. The Labute approximate surface area is 123 Å². The van der Waals surface area contributed by atoms with Crippen molar-refractivity contribution in [1.29, 1.82) is 5.26 Å². The number of aromatic nitrogens is 2. The molecule has 8 nitrogen and oxygen atoms in total. The lowest BCUT2D eigenvalue weighted by Crippen LogP contribution is -2.17. The highest BCUT2D eigenvalue weighted by atomic mass is 35.5.